The van der Waals surface area contributed by atoms with Crippen LogP contribution in [0.5, 0.6) is 0 Å². The zero-order chi connectivity index (χ0) is 19.3. The van der Waals surface area contributed by atoms with Crippen LogP contribution in [0.1, 0.15) is 22.8 Å². The molecule has 4 aromatic heterocycles. The van der Waals surface area contributed by atoms with Crippen LogP contribution in [-0.2, 0) is 10.1 Å². The molecule has 5 heterocycles. The summed E-state index contributed by atoms with van der Waals surface area (Å²) in [5.41, 5.74) is 2.80. The largest absolute Gasteiger partial charge is 0.355 e. The maximum atomic E-state index is 12.1. The van der Waals surface area contributed by atoms with Crippen LogP contribution in [0.25, 0.3) is 23.1 Å². The molecule has 5 rings (SSSR count). The highest BCUT2D eigenvalue weighted by Crippen LogP contribution is 2.16. The fourth-order valence-corrected chi connectivity index (χ4v) is 4.17. The van der Waals surface area contributed by atoms with Crippen molar-refractivity contribution in [1.82, 2.24) is 19.9 Å². The predicted octanol–water partition coefficient (Wildman–Crippen LogP) is -0.157. The molecule has 0 aliphatic carbocycles. The Bertz CT molecular complexity index is 1540. The average Bonchev–Trinajstić information content (AvgIpc) is 3.38. The molecule has 0 aromatic carbocycles. The molecule has 28 heavy (non-hydrogen) atoms. The molecule has 1 aliphatic heterocycles. The van der Waals surface area contributed by atoms with E-state index in [1.165, 1.54) is 0 Å². The fraction of sp³-hybridized carbons (Fsp3) is 0. The Hall–Kier alpha value is -3.49. The first-order valence-corrected chi connectivity index (χ1v) is 10.0. The lowest BCUT2D eigenvalue weighted by Gasteiger charge is -2.00. The Morgan fingerprint density at radius 2 is 1.14 bits per heavy atom. The summed E-state index contributed by atoms with van der Waals surface area (Å²) in [5.74, 6) is 0. The van der Waals surface area contributed by atoms with Gasteiger partial charge in [0.15, 0.2) is 0 Å². The summed E-state index contributed by atoms with van der Waals surface area (Å²) < 4.78 is 34.0. The van der Waals surface area contributed by atoms with E-state index >= 15 is 0 Å². The van der Waals surface area contributed by atoms with Crippen molar-refractivity contribution in [3.8, 4) is 0 Å². The lowest BCUT2D eigenvalue weighted by Crippen LogP contribution is -2.19. The molecule has 1 aliphatic rings. The number of rotatable bonds is 1. The molecule has 0 unspecified atom stereocenters. The minimum absolute atomic E-state index is 0.202. The van der Waals surface area contributed by atoms with Gasteiger partial charge in [-0.25, -0.2) is 0 Å². The van der Waals surface area contributed by atoms with Gasteiger partial charge in [0, 0.05) is 33.1 Å². The normalized spacial score (nSPS) is 13.5. The number of aromatic amines is 4. The van der Waals surface area contributed by atoms with Gasteiger partial charge in [-0.3, -0.25) is 4.55 Å². The molecule has 0 spiro atoms. The Morgan fingerprint density at radius 3 is 1.79 bits per heavy atom. The van der Waals surface area contributed by atoms with Gasteiger partial charge in [-0.2, -0.15) is 8.42 Å². The molecule has 0 saturated carbocycles. The van der Waals surface area contributed by atoms with Gasteiger partial charge in [-0.05, 0) is 66.8 Å². The number of H-pyrrole nitrogens is 4. The number of nitrogens with one attached hydrogen (secondary N) is 4. The minimum Gasteiger partial charge on any atom is -0.355 e. The number of fused-ring (bicyclic) bond motifs is 8. The van der Waals surface area contributed by atoms with Crippen molar-refractivity contribution in [2.24, 2.45) is 0 Å². The van der Waals surface area contributed by atoms with E-state index in [1.54, 1.807) is 24.3 Å². The zero-order valence-electron chi connectivity index (χ0n) is 14.5. The van der Waals surface area contributed by atoms with E-state index in [1.807, 2.05) is 42.5 Å². The summed E-state index contributed by atoms with van der Waals surface area (Å²) in [7, 11) is -4.46. The van der Waals surface area contributed by atoms with Crippen molar-refractivity contribution < 1.29 is 13.0 Å². The third kappa shape index (κ3) is 3.04. The topological polar surface area (TPSA) is 118 Å². The van der Waals surface area contributed by atoms with Gasteiger partial charge in [0.25, 0.3) is 10.1 Å². The summed E-state index contributed by atoms with van der Waals surface area (Å²) in [6.07, 6.45) is 5.73. The molecule has 0 fully saturated rings. The van der Waals surface area contributed by atoms with Gasteiger partial charge in [0.05, 0.1) is 11.0 Å². The van der Waals surface area contributed by atoms with Gasteiger partial charge in [0.1, 0.15) is 4.91 Å². The zero-order valence-corrected chi connectivity index (χ0v) is 15.3. The van der Waals surface area contributed by atoms with Crippen LogP contribution >= 0.6 is 0 Å². The molecule has 8 bridgehead atoms. The van der Waals surface area contributed by atoms with Gasteiger partial charge < -0.3 is 19.9 Å². The third-order valence-corrected chi connectivity index (χ3v) is 5.52. The van der Waals surface area contributed by atoms with Crippen LogP contribution < -0.4 is 21.4 Å². The molecule has 8 heteroatoms. The predicted molar refractivity (Wildman–Crippen MR) is 106 cm³/mol. The third-order valence-electron chi connectivity index (χ3n) is 4.56. The highest BCUT2D eigenvalue weighted by Gasteiger charge is 2.19. The van der Waals surface area contributed by atoms with E-state index in [0.717, 1.165) is 22.1 Å². The molecule has 0 saturated heterocycles. The maximum Gasteiger partial charge on any atom is 0.298 e. The lowest BCUT2D eigenvalue weighted by atomic mass is 10.3. The SMILES string of the molecule is O=S(=O)(O)C1=c2ccc([nH]2)=Cc2ccc([nH]2)C=c2ccc([nH]2)=Cc2ccc1[nH]2. The first kappa shape index (κ1) is 16.7. The second-order valence-corrected chi connectivity index (χ2v) is 7.99. The highest BCUT2D eigenvalue weighted by atomic mass is 32.2. The van der Waals surface area contributed by atoms with E-state index in [2.05, 4.69) is 19.9 Å². The summed E-state index contributed by atoms with van der Waals surface area (Å²) in [4.78, 5) is 12.5. The van der Waals surface area contributed by atoms with E-state index in [4.69, 9.17) is 0 Å². The summed E-state index contributed by atoms with van der Waals surface area (Å²) >= 11 is 0. The van der Waals surface area contributed by atoms with Gasteiger partial charge in [-0.1, -0.05) is 0 Å². The number of aromatic nitrogens is 4. The second kappa shape index (κ2) is 6.01. The smallest absolute Gasteiger partial charge is 0.298 e. The summed E-state index contributed by atoms with van der Waals surface area (Å²) in [6.45, 7) is 0. The van der Waals surface area contributed by atoms with E-state index in [9.17, 15) is 13.0 Å². The Kier molecular flexibility index (Phi) is 3.58. The van der Waals surface area contributed by atoms with Crippen LogP contribution in [0.3, 0.4) is 0 Å². The van der Waals surface area contributed by atoms with Crippen LogP contribution in [0, 0.1) is 0 Å². The Labute approximate surface area is 159 Å². The second-order valence-electron chi connectivity index (χ2n) is 6.63. The van der Waals surface area contributed by atoms with Crippen LogP contribution in [0.2, 0.25) is 0 Å². The molecular formula is C20H16N4O3S. The average molecular weight is 392 g/mol. The van der Waals surface area contributed by atoms with Crippen molar-refractivity contribution >= 4 is 33.3 Å². The number of hydrogen-bond acceptors (Lipinski definition) is 2. The summed E-state index contributed by atoms with van der Waals surface area (Å²) in [6, 6.07) is 14.6. The molecule has 140 valence electrons. The lowest BCUT2D eigenvalue weighted by molar-refractivity contribution is 0.496. The first-order chi connectivity index (χ1) is 13.4. The van der Waals surface area contributed by atoms with Crippen molar-refractivity contribution in [3.05, 3.63) is 92.7 Å². The molecule has 7 nitrogen and oxygen atoms in total. The molecule has 0 radical (unpaired) electrons. The fourth-order valence-electron chi connectivity index (χ4n) is 3.38. The van der Waals surface area contributed by atoms with Crippen molar-refractivity contribution in [2.45, 2.75) is 0 Å². The Balaban J connectivity index is 1.87. The standard InChI is InChI=1S/C20H16N4O3S/c25-28(26,27)20-18-7-5-16(23-18)10-14-3-1-12(21-14)9-13-2-4-15(22-13)11-17-6-8-19(20)24-17/h1-11,21-24H,(H,25,26,27). The number of hydrogen-bond donors (Lipinski definition) is 5. The molecular weight excluding hydrogens is 376 g/mol. The van der Waals surface area contributed by atoms with Crippen molar-refractivity contribution in [2.75, 3.05) is 0 Å². The van der Waals surface area contributed by atoms with Gasteiger partial charge >= 0.3 is 0 Å². The monoisotopic (exact) mass is 392 g/mol. The quantitative estimate of drug-likeness (QED) is 0.290. The van der Waals surface area contributed by atoms with Crippen molar-refractivity contribution in [1.29, 1.82) is 0 Å². The van der Waals surface area contributed by atoms with Gasteiger partial charge in [0.2, 0.25) is 0 Å². The van der Waals surface area contributed by atoms with E-state index in [0.29, 0.717) is 22.1 Å². The van der Waals surface area contributed by atoms with Crippen molar-refractivity contribution in [3.63, 3.8) is 0 Å². The summed E-state index contributed by atoms with van der Waals surface area (Å²) in [5, 5.41) is 2.80. The van der Waals surface area contributed by atoms with Crippen LogP contribution in [0.4, 0.5) is 0 Å². The molecule has 0 atom stereocenters. The van der Waals surface area contributed by atoms with Gasteiger partial charge in [-0.15, -0.1) is 0 Å². The molecule has 5 N–H and O–H groups in total. The van der Waals surface area contributed by atoms with E-state index < -0.39 is 10.1 Å². The molecule has 4 aromatic rings. The van der Waals surface area contributed by atoms with Crippen LogP contribution in [0.15, 0.2) is 48.5 Å². The minimum atomic E-state index is -4.46. The first-order valence-electron chi connectivity index (χ1n) is 8.59. The molecule has 0 amide bonds. The van der Waals surface area contributed by atoms with Crippen LogP contribution in [-0.4, -0.2) is 32.9 Å². The van der Waals surface area contributed by atoms with E-state index in [-0.39, 0.29) is 4.91 Å². The highest BCUT2D eigenvalue weighted by molar-refractivity contribution is 7.95. The Morgan fingerprint density at radius 1 is 0.607 bits per heavy atom. The maximum absolute atomic E-state index is 12.1.